The summed E-state index contributed by atoms with van der Waals surface area (Å²) < 4.78 is 22.2. The Kier molecular flexibility index (Phi) is 7.40. The molecule has 1 saturated heterocycles. The third kappa shape index (κ3) is 5.11. The van der Waals surface area contributed by atoms with Crippen LogP contribution in [0.15, 0.2) is 66.9 Å². The van der Waals surface area contributed by atoms with Crippen LogP contribution in [0.5, 0.6) is 5.88 Å². The number of nitrogens with zero attached hydrogens (tertiary/aromatic N) is 2. The number of alkyl halides is 1. The number of benzene rings is 2. The zero-order valence-corrected chi connectivity index (χ0v) is 20.5. The first-order valence-corrected chi connectivity index (χ1v) is 13.4. The van der Waals surface area contributed by atoms with Crippen molar-refractivity contribution >= 4 is 5.91 Å². The molecule has 4 rings (SSSR count). The van der Waals surface area contributed by atoms with Gasteiger partial charge in [-0.3, -0.25) is 0 Å². The molecule has 0 N–H and O–H groups in total. The minimum atomic E-state index is -0.392. The van der Waals surface area contributed by atoms with Gasteiger partial charge in [-0.25, -0.2) is 0 Å². The Hall–Kier alpha value is -2.48. The quantitative estimate of drug-likeness (QED) is 0.272. The van der Waals surface area contributed by atoms with Crippen LogP contribution in [0.25, 0.3) is 11.1 Å². The number of rotatable bonds is 6. The van der Waals surface area contributed by atoms with Crippen molar-refractivity contribution in [2.75, 3.05) is 11.0 Å². The van der Waals surface area contributed by atoms with Gasteiger partial charge in [-0.2, -0.15) is 0 Å². The summed E-state index contributed by atoms with van der Waals surface area (Å²) in [6, 6.07) is 19.3. The Bertz CT molecular complexity index is 1060. The number of amides is 1. The van der Waals surface area contributed by atoms with Crippen LogP contribution in [0.4, 0.5) is 4.39 Å². The SMILES string of the molecule is CCC1[C@@H](COc2ccc(F)cn2)CC[I-]N1C(=O)c1cc(C)ccc1-c1ccccc1. The number of hydrogen-bond acceptors (Lipinski definition) is 3. The van der Waals surface area contributed by atoms with E-state index in [2.05, 4.69) is 39.3 Å². The second-order valence-corrected chi connectivity index (χ2v) is 10.8. The molecule has 1 unspecified atom stereocenters. The van der Waals surface area contributed by atoms with Crippen LogP contribution in [0.3, 0.4) is 0 Å². The van der Waals surface area contributed by atoms with E-state index in [1.165, 1.54) is 6.07 Å². The molecular weight excluding hydrogens is 518 g/mol. The molecule has 1 amide bonds. The van der Waals surface area contributed by atoms with Crippen molar-refractivity contribution in [1.29, 1.82) is 0 Å². The van der Waals surface area contributed by atoms with Gasteiger partial charge in [0.2, 0.25) is 0 Å². The number of ether oxygens (including phenoxy) is 1. The molecule has 0 saturated carbocycles. The first-order chi connectivity index (χ1) is 15.6. The molecule has 32 heavy (non-hydrogen) atoms. The molecule has 2 atom stereocenters. The second-order valence-electron chi connectivity index (χ2n) is 7.99. The molecule has 4 nitrogen and oxygen atoms in total. The Morgan fingerprint density at radius 3 is 2.72 bits per heavy atom. The Balaban J connectivity index is 1.56. The molecule has 1 fully saturated rings. The summed E-state index contributed by atoms with van der Waals surface area (Å²) in [5.74, 6) is 0.394. The fourth-order valence-electron chi connectivity index (χ4n) is 4.10. The Morgan fingerprint density at radius 1 is 1.19 bits per heavy atom. The van der Waals surface area contributed by atoms with Crippen molar-refractivity contribution in [2.24, 2.45) is 5.92 Å². The Morgan fingerprint density at radius 2 is 2.00 bits per heavy atom. The molecule has 0 radical (unpaired) electrons. The summed E-state index contributed by atoms with van der Waals surface area (Å²) in [7, 11) is 0. The van der Waals surface area contributed by atoms with Crippen molar-refractivity contribution in [1.82, 2.24) is 8.10 Å². The van der Waals surface area contributed by atoms with Gasteiger partial charge in [0.25, 0.3) is 0 Å². The van der Waals surface area contributed by atoms with Crippen LogP contribution in [0.1, 0.15) is 35.7 Å². The van der Waals surface area contributed by atoms with Crippen LogP contribution in [-0.4, -0.2) is 31.1 Å². The number of carbonyl (C=O) groups is 1. The van der Waals surface area contributed by atoms with E-state index in [0.29, 0.717) is 12.5 Å². The van der Waals surface area contributed by atoms with Crippen molar-refractivity contribution in [3.05, 3.63) is 83.8 Å². The third-order valence-electron chi connectivity index (χ3n) is 5.78. The van der Waals surface area contributed by atoms with Crippen molar-refractivity contribution < 1.29 is 35.4 Å². The first kappa shape index (κ1) is 22.7. The van der Waals surface area contributed by atoms with E-state index in [1.54, 1.807) is 6.07 Å². The molecule has 0 spiro atoms. The van der Waals surface area contributed by atoms with E-state index >= 15 is 0 Å². The molecule has 0 aliphatic carbocycles. The number of carbonyl (C=O) groups excluding carboxylic acids is 1. The third-order valence-corrected chi connectivity index (χ3v) is 8.77. The van der Waals surface area contributed by atoms with Crippen molar-refractivity contribution in [2.45, 2.75) is 32.7 Å². The molecule has 1 aliphatic rings. The predicted octanol–water partition coefficient (Wildman–Crippen LogP) is 2.52. The van der Waals surface area contributed by atoms with Gasteiger partial charge in [-0.05, 0) is 0 Å². The average molecular weight is 545 g/mol. The van der Waals surface area contributed by atoms with Crippen LogP contribution < -0.4 is 26.2 Å². The van der Waals surface area contributed by atoms with Gasteiger partial charge in [0, 0.05) is 0 Å². The van der Waals surface area contributed by atoms with E-state index in [4.69, 9.17) is 4.74 Å². The molecule has 168 valence electrons. The van der Waals surface area contributed by atoms with Gasteiger partial charge in [0.05, 0.1) is 0 Å². The van der Waals surface area contributed by atoms with E-state index in [1.807, 2.05) is 31.2 Å². The molecule has 6 heteroatoms. The van der Waals surface area contributed by atoms with E-state index in [9.17, 15) is 9.18 Å². The zero-order valence-electron chi connectivity index (χ0n) is 18.3. The second kappa shape index (κ2) is 10.4. The molecule has 0 bridgehead atoms. The van der Waals surface area contributed by atoms with Gasteiger partial charge in [0.15, 0.2) is 0 Å². The Labute approximate surface area is 199 Å². The summed E-state index contributed by atoms with van der Waals surface area (Å²) in [5.41, 5.74) is 3.89. The summed E-state index contributed by atoms with van der Waals surface area (Å²) in [6.07, 6.45) is 3.08. The summed E-state index contributed by atoms with van der Waals surface area (Å²) >= 11 is -0.392. The predicted molar refractivity (Wildman–Crippen MR) is 120 cm³/mol. The van der Waals surface area contributed by atoms with Crippen LogP contribution >= 0.6 is 0 Å². The topological polar surface area (TPSA) is 42.4 Å². The van der Waals surface area contributed by atoms with Gasteiger partial charge < -0.3 is 0 Å². The maximum atomic E-state index is 13.8. The monoisotopic (exact) mass is 545 g/mol. The van der Waals surface area contributed by atoms with Crippen molar-refractivity contribution in [3.8, 4) is 17.0 Å². The van der Waals surface area contributed by atoms with Crippen LogP contribution in [-0.2, 0) is 0 Å². The van der Waals surface area contributed by atoms with E-state index < -0.39 is 21.5 Å². The average Bonchev–Trinajstić information content (AvgIpc) is 2.83. The zero-order chi connectivity index (χ0) is 22.5. The number of halogens is 2. The summed E-state index contributed by atoms with van der Waals surface area (Å²) in [5, 5.41) is 0. The maximum absolute atomic E-state index is 13.8. The molecule has 3 aromatic rings. The van der Waals surface area contributed by atoms with Gasteiger partial charge >= 0.3 is 200 Å². The van der Waals surface area contributed by atoms with Crippen LogP contribution in [0.2, 0.25) is 0 Å². The van der Waals surface area contributed by atoms with Gasteiger partial charge in [-0.15, -0.1) is 0 Å². The summed E-state index contributed by atoms with van der Waals surface area (Å²) in [4.78, 5) is 17.8. The van der Waals surface area contributed by atoms with Gasteiger partial charge in [0.1, 0.15) is 0 Å². The number of pyridine rings is 1. The van der Waals surface area contributed by atoms with Gasteiger partial charge in [-0.1, -0.05) is 0 Å². The van der Waals surface area contributed by atoms with Crippen molar-refractivity contribution in [3.63, 3.8) is 0 Å². The molecule has 1 aromatic heterocycles. The number of aryl methyl sites for hydroxylation is 1. The summed E-state index contributed by atoms with van der Waals surface area (Å²) in [6.45, 7) is 4.64. The number of aromatic nitrogens is 1. The normalized spacial score (nSPS) is 18.7. The van der Waals surface area contributed by atoms with E-state index in [0.717, 1.165) is 45.7 Å². The first-order valence-electron chi connectivity index (χ1n) is 10.9. The minimum absolute atomic E-state index is 0.122. The van der Waals surface area contributed by atoms with E-state index in [-0.39, 0.29) is 23.7 Å². The standard InChI is InChI=1S/C26H27FIN2O2/c1-3-24-20(17-32-25-12-10-21(27)16-29-25)13-14-28-30(24)26(31)23-15-18(2)9-11-22(23)19-7-5-4-6-8-19/h4-12,15-16,20,24H,3,13-14,17H2,1-2H3/q-1/t20-,24?/m1/s1. The fraction of sp³-hybridized carbons (Fsp3) is 0.308. The fourth-order valence-corrected chi connectivity index (χ4v) is 7.62. The molecule has 2 aromatic carbocycles. The van der Waals surface area contributed by atoms with Crippen LogP contribution in [0, 0.1) is 18.7 Å². The molecule has 1 aliphatic heterocycles. The number of hydrogen-bond donors (Lipinski definition) is 0. The molecule has 2 heterocycles. The molecular formula is C26H27FIN2O2-.